The molecular formula is C11H21NO2S. The highest BCUT2D eigenvalue weighted by Crippen LogP contribution is 2.33. The number of thioether (sulfide) groups is 1. The van der Waals surface area contributed by atoms with E-state index in [1.807, 2.05) is 18.7 Å². The number of carbonyl (C=O) groups excluding carboxylic acids is 1. The molecule has 1 saturated heterocycles. The average molecular weight is 231 g/mol. The monoisotopic (exact) mass is 231 g/mol. The fraction of sp³-hybridized carbons (Fsp3) is 0.909. The van der Waals surface area contributed by atoms with Crippen LogP contribution in [0.15, 0.2) is 0 Å². The molecule has 4 heteroatoms. The van der Waals surface area contributed by atoms with Gasteiger partial charge in [0.1, 0.15) is 6.04 Å². The van der Waals surface area contributed by atoms with E-state index in [1.54, 1.807) is 0 Å². The lowest BCUT2D eigenvalue weighted by Gasteiger charge is -2.36. The van der Waals surface area contributed by atoms with Crippen LogP contribution in [-0.2, 0) is 9.53 Å². The molecule has 1 aliphatic heterocycles. The van der Waals surface area contributed by atoms with Crippen molar-refractivity contribution in [3.63, 3.8) is 0 Å². The summed E-state index contributed by atoms with van der Waals surface area (Å²) in [6.45, 7) is 6.41. The van der Waals surface area contributed by atoms with E-state index in [2.05, 4.69) is 19.2 Å². The van der Waals surface area contributed by atoms with Crippen LogP contribution in [0.25, 0.3) is 0 Å². The van der Waals surface area contributed by atoms with Crippen LogP contribution in [0.2, 0.25) is 0 Å². The first-order valence-electron chi connectivity index (χ1n) is 5.36. The summed E-state index contributed by atoms with van der Waals surface area (Å²) in [5.41, 5.74) is 0.371. The zero-order valence-electron chi connectivity index (χ0n) is 10.0. The van der Waals surface area contributed by atoms with Crippen LogP contribution in [0.5, 0.6) is 0 Å². The molecule has 1 rings (SSSR count). The molecule has 0 bridgehead atoms. The standard InChI is InChI=1S/C11H21NO2S/c1-8(10(13)14-4)12-9-5-11(2,3)7-15-6-9/h8-9,12H,5-7H2,1-4H3. The Morgan fingerprint density at radius 1 is 1.60 bits per heavy atom. The second-order valence-corrected chi connectivity index (χ2v) is 6.02. The molecule has 0 aromatic heterocycles. The molecule has 0 amide bonds. The van der Waals surface area contributed by atoms with Gasteiger partial charge >= 0.3 is 5.97 Å². The first-order chi connectivity index (χ1) is 6.94. The van der Waals surface area contributed by atoms with Gasteiger partial charge < -0.3 is 10.1 Å². The van der Waals surface area contributed by atoms with Crippen molar-refractivity contribution in [1.29, 1.82) is 0 Å². The van der Waals surface area contributed by atoms with Crippen LogP contribution in [0.4, 0.5) is 0 Å². The lowest BCUT2D eigenvalue weighted by Crippen LogP contribution is -2.47. The van der Waals surface area contributed by atoms with Crippen molar-refractivity contribution in [2.75, 3.05) is 18.6 Å². The van der Waals surface area contributed by atoms with Crippen molar-refractivity contribution in [2.24, 2.45) is 5.41 Å². The Bertz CT molecular complexity index is 231. The van der Waals surface area contributed by atoms with Crippen molar-refractivity contribution in [2.45, 2.75) is 39.3 Å². The lowest BCUT2D eigenvalue weighted by atomic mass is 9.87. The summed E-state index contributed by atoms with van der Waals surface area (Å²) in [5, 5.41) is 3.33. The third-order valence-corrected chi connectivity index (χ3v) is 4.27. The zero-order chi connectivity index (χ0) is 11.5. The number of ether oxygens (including phenoxy) is 1. The Labute approximate surface area is 96.3 Å². The van der Waals surface area contributed by atoms with Gasteiger partial charge in [0.15, 0.2) is 0 Å². The van der Waals surface area contributed by atoms with E-state index < -0.39 is 0 Å². The molecule has 15 heavy (non-hydrogen) atoms. The molecule has 1 fully saturated rings. The van der Waals surface area contributed by atoms with Crippen LogP contribution < -0.4 is 5.32 Å². The second-order valence-electron chi connectivity index (χ2n) is 4.99. The molecule has 1 N–H and O–H groups in total. The number of hydrogen-bond donors (Lipinski definition) is 1. The molecule has 2 unspecified atom stereocenters. The fourth-order valence-electron chi connectivity index (χ4n) is 1.97. The smallest absolute Gasteiger partial charge is 0.322 e. The molecule has 0 radical (unpaired) electrons. The van der Waals surface area contributed by atoms with Crippen LogP contribution >= 0.6 is 11.8 Å². The summed E-state index contributed by atoms with van der Waals surface area (Å²) >= 11 is 1.96. The van der Waals surface area contributed by atoms with Crippen LogP contribution in [0.3, 0.4) is 0 Å². The summed E-state index contributed by atoms with van der Waals surface area (Å²) in [5.74, 6) is 2.12. The Hall–Kier alpha value is -0.220. The first-order valence-corrected chi connectivity index (χ1v) is 6.52. The second kappa shape index (κ2) is 5.21. The Morgan fingerprint density at radius 2 is 2.27 bits per heavy atom. The molecule has 2 atom stereocenters. The Kier molecular flexibility index (Phi) is 4.46. The van der Waals surface area contributed by atoms with E-state index in [-0.39, 0.29) is 12.0 Å². The van der Waals surface area contributed by atoms with Crippen LogP contribution in [0.1, 0.15) is 27.2 Å². The highest BCUT2D eigenvalue weighted by Gasteiger charge is 2.30. The van der Waals surface area contributed by atoms with E-state index in [9.17, 15) is 4.79 Å². The summed E-state index contributed by atoms with van der Waals surface area (Å²) < 4.78 is 4.70. The summed E-state index contributed by atoms with van der Waals surface area (Å²) in [4.78, 5) is 11.3. The van der Waals surface area contributed by atoms with Crippen molar-refractivity contribution < 1.29 is 9.53 Å². The Morgan fingerprint density at radius 3 is 2.80 bits per heavy atom. The highest BCUT2D eigenvalue weighted by atomic mass is 32.2. The molecule has 0 saturated carbocycles. The minimum absolute atomic E-state index is 0.177. The van der Waals surface area contributed by atoms with Crippen LogP contribution in [0, 0.1) is 5.41 Å². The molecule has 0 spiro atoms. The number of methoxy groups -OCH3 is 1. The minimum atomic E-state index is -0.200. The van der Waals surface area contributed by atoms with E-state index in [0.717, 1.165) is 12.2 Å². The third-order valence-electron chi connectivity index (χ3n) is 2.65. The lowest BCUT2D eigenvalue weighted by molar-refractivity contribution is -0.142. The third kappa shape index (κ3) is 4.03. The van der Waals surface area contributed by atoms with Gasteiger partial charge in [0.05, 0.1) is 7.11 Å². The predicted octanol–water partition coefficient (Wildman–Crippen LogP) is 1.67. The van der Waals surface area contributed by atoms with Crippen molar-refractivity contribution in [3.8, 4) is 0 Å². The topological polar surface area (TPSA) is 38.3 Å². The van der Waals surface area contributed by atoms with E-state index in [4.69, 9.17) is 4.74 Å². The minimum Gasteiger partial charge on any atom is -0.468 e. The van der Waals surface area contributed by atoms with Crippen molar-refractivity contribution in [3.05, 3.63) is 0 Å². The molecular weight excluding hydrogens is 210 g/mol. The summed E-state index contributed by atoms with van der Waals surface area (Å²) in [7, 11) is 1.43. The van der Waals surface area contributed by atoms with Gasteiger partial charge in [-0.15, -0.1) is 0 Å². The number of hydrogen-bond acceptors (Lipinski definition) is 4. The predicted molar refractivity (Wildman–Crippen MR) is 64.1 cm³/mol. The number of esters is 1. The molecule has 1 heterocycles. The van der Waals surface area contributed by atoms with Crippen molar-refractivity contribution >= 4 is 17.7 Å². The molecule has 0 aromatic carbocycles. The van der Waals surface area contributed by atoms with Crippen LogP contribution in [-0.4, -0.2) is 36.7 Å². The van der Waals surface area contributed by atoms with Gasteiger partial charge in [-0.2, -0.15) is 11.8 Å². The molecule has 3 nitrogen and oxygen atoms in total. The van der Waals surface area contributed by atoms with E-state index >= 15 is 0 Å². The molecule has 0 aliphatic carbocycles. The van der Waals surface area contributed by atoms with Gasteiger partial charge in [-0.25, -0.2) is 0 Å². The number of rotatable bonds is 3. The maximum absolute atomic E-state index is 11.3. The van der Waals surface area contributed by atoms with Crippen molar-refractivity contribution in [1.82, 2.24) is 5.32 Å². The Balaban J connectivity index is 2.41. The van der Waals surface area contributed by atoms with E-state index in [1.165, 1.54) is 12.9 Å². The normalized spacial score (nSPS) is 27.1. The summed E-state index contributed by atoms with van der Waals surface area (Å²) in [6, 6.07) is 0.224. The summed E-state index contributed by atoms with van der Waals surface area (Å²) in [6.07, 6.45) is 1.13. The maximum atomic E-state index is 11.3. The highest BCUT2D eigenvalue weighted by molar-refractivity contribution is 7.99. The maximum Gasteiger partial charge on any atom is 0.322 e. The van der Waals surface area contributed by atoms with Gasteiger partial charge in [-0.3, -0.25) is 4.79 Å². The van der Waals surface area contributed by atoms with Gasteiger partial charge in [0.2, 0.25) is 0 Å². The van der Waals surface area contributed by atoms with Gasteiger partial charge in [0.25, 0.3) is 0 Å². The quantitative estimate of drug-likeness (QED) is 0.750. The van der Waals surface area contributed by atoms with Gasteiger partial charge in [-0.05, 0) is 24.5 Å². The number of carbonyl (C=O) groups is 1. The fourth-order valence-corrected chi connectivity index (χ4v) is 3.25. The van der Waals surface area contributed by atoms with Gasteiger partial charge in [-0.1, -0.05) is 13.8 Å². The molecule has 0 aromatic rings. The largest absolute Gasteiger partial charge is 0.468 e. The van der Waals surface area contributed by atoms with Gasteiger partial charge in [0, 0.05) is 11.8 Å². The molecule has 88 valence electrons. The molecule has 1 aliphatic rings. The zero-order valence-corrected chi connectivity index (χ0v) is 10.8. The number of nitrogens with one attached hydrogen (secondary N) is 1. The first kappa shape index (κ1) is 12.8. The average Bonchev–Trinajstić information content (AvgIpc) is 2.14. The van der Waals surface area contributed by atoms with E-state index in [0.29, 0.717) is 11.5 Å². The SMILES string of the molecule is COC(=O)C(C)NC1CSCC(C)(C)C1.